The van der Waals surface area contributed by atoms with Crippen LogP contribution in [0.4, 0.5) is 0 Å². The van der Waals surface area contributed by atoms with Gasteiger partial charge in [-0.2, -0.15) is 0 Å². The van der Waals surface area contributed by atoms with E-state index in [1.165, 1.54) is 0 Å². The number of carbonyl (C=O) groups is 1. The molecule has 7 nitrogen and oxygen atoms in total. The Morgan fingerprint density at radius 1 is 1.03 bits per heavy atom. The lowest BCUT2D eigenvalue weighted by atomic mass is 9.74. The maximum atomic E-state index is 11.2. The molecule has 0 unspecified atom stereocenters. The van der Waals surface area contributed by atoms with Gasteiger partial charge in [0.15, 0.2) is 5.79 Å². The van der Waals surface area contributed by atoms with Gasteiger partial charge in [-0.1, -0.05) is 83.5 Å². The average Bonchev–Trinajstić information content (AvgIpc) is 2.90. The van der Waals surface area contributed by atoms with Gasteiger partial charge in [-0.3, -0.25) is 4.79 Å². The predicted octanol–water partition coefficient (Wildman–Crippen LogP) is 5.06. The van der Waals surface area contributed by atoms with E-state index in [4.69, 9.17) is 18.9 Å². The Morgan fingerprint density at radius 2 is 1.68 bits per heavy atom. The molecule has 1 aliphatic heterocycles. The zero-order valence-corrected chi connectivity index (χ0v) is 23.6. The Bertz CT molecular complexity index is 813. The SMILES string of the molecule is CO[C@@H](CCCC[C@H](OC=O)c1ccccc1)[C@@H](/C=C/[C@H](C)[C@@H]1O[C@](O)(C(C)C)[C@H](C)[C@@H](O)[C@@H]1C)OC. The van der Waals surface area contributed by atoms with Crippen molar-refractivity contribution >= 4 is 6.47 Å². The minimum absolute atomic E-state index is 0.0512. The van der Waals surface area contributed by atoms with Gasteiger partial charge in [-0.15, -0.1) is 0 Å². The number of methoxy groups -OCH3 is 2. The summed E-state index contributed by atoms with van der Waals surface area (Å²) in [7, 11) is 3.35. The second kappa shape index (κ2) is 15.0. The zero-order valence-electron chi connectivity index (χ0n) is 23.6. The average molecular weight is 521 g/mol. The van der Waals surface area contributed by atoms with Crippen LogP contribution in [0.3, 0.4) is 0 Å². The molecule has 0 radical (unpaired) electrons. The Hall–Kier alpha value is -1.77. The first-order chi connectivity index (χ1) is 17.6. The second-order valence-electron chi connectivity index (χ2n) is 10.8. The molecule has 1 fully saturated rings. The number of carbonyl (C=O) groups excluding carboxylic acids is 1. The zero-order chi connectivity index (χ0) is 27.6. The Labute approximate surface area is 223 Å². The number of hydrogen-bond donors (Lipinski definition) is 2. The molecule has 0 aromatic heterocycles. The monoisotopic (exact) mass is 520 g/mol. The minimum atomic E-state index is -1.38. The lowest BCUT2D eigenvalue weighted by Crippen LogP contribution is -2.60. The molecule has 1 heterocycles. The van der Waals surface area contributed by atoms with Crippen molar-refractivity contribution in [3.05, 3.63) is 48.0 Å². The van der Waals surface area contributed by atoms with Gasteiger partial charge in [0.2, 0.25) is 0 Å². The molecule has 2 rings (SSSR count). The number of aliphatic hydroxyl groups is 2. The minimum Gasteiger partial charge on any atom is -0.460 e. The van der Waals surface area contributed by atoms with Crippen LogP contribution in [0.5, 0.6) is 0 Å². The molecule has 0 spiro atoms. The summed E-state index contributed by atoms with van der Waals surface area (Å²) in [4.78, 5) is 11.0. The third-order valence-electron chi connectivity index (χ3n) is 8.03. The van der Waals surface area contributed by atoms with E-state index in [-0.39, 0.29) is 48.1 Å². The van der Waals surface area contributed by atoms with Crippen LogP contribution in [0.1, 0.15) is 72.0 Å². The standard InChI is InChI=1S/C30H48O7/c1-20(2)30(33)23(5)28(32)22(4)29(37-30)21(3)17-18-27(35-7)26(34-6)16-12-11-15-25(36-19-31)24-13-9-8-10-14-24/h8-10,13-14,17-23,25-29,32-33H,11-12,15-16H2,1-7H3/b18-17+/t21-,22-,23+,25-,26-,27+,28-,29-,30+/m0/s1. The number of hydrogen-bond acceptors (Lipinski definition) is 7. The summed E-state index contributed by atoms with van der Waals surface area (Å²) in [6, 6.07) is 9.77. The fourth-order valence-corrected chi connectivity index (χ4v) is 5.46. The van der Waals surface area contributed by atoms with Crippen molar-refractivity contribution in [3.63, 3.8) is 0 Å². The van der Waals surface area contributed by atoms with Crippen LogP contribution in [-0.2, 0) is 23.7 Å². The van der Waals surface area contributed by atoms with Crippen LogP contribution >= 0.6 is 0 Å². The van der Waals surface area contributed by atoms with E-state index in [1.807, 2.05) is 77.1 Å². The predicted molar refractivity (Wildman–Crippen MR) is 144 cm³/mol. The van der Waals surface area contributed by atoms with Gasteiger partial charge < -0.3 is 29.2 Å². The van der Waals surface area contributed by atoms with Gasteiger partial charge in [-0.25, -0.2) is 0 Å². The van der Waals surface area contributed by atoms with E-state index in [0.717, 1.165) is 31.2 Å². The fourth-order valence-electron chi connectivity index (χ4n) is 5.46. The molecule has 0 bridgehead atoms. The molecule has 210 valence electrons. The largest absolute Gasteiger partial charge is 0.460 e. The van der Waals surface area contributed by atoms with Gasteiger partial charge in [0, 0.05) is 37.9 Å². The Balaban J connectivity index is 1.97. The summed E-state index contributed by atoms with van der Waals surface area (Å²) >= 11 is 0. The maximum Gasteiger partial charge on any atom is 0.293 e. The first-order valence-electron chi connectivity index (χ1n) is 13.6. The lowest BCUT2D eigenvalue weighted by molar-refractivity contribution is -0.340. The van der Waals surface area contributed by atoms with E-state index < -0.39 is 11.9 Å². The summed E-state index contributed by atoms with van der Waals surface area (Å²) in [6.45, 7) is 10.2. The Kier molecular flexibility index (Phi) is 12.7. The highest BCUT2D eigenvalue weighted by atomic mass is 16.6. The quantitative estimate of drug-likeness (QED) is 0.190. The molecule has 0 amide bonds. The van der Waals surface area contributed by atoms with Crippen molar-refractivity contribution in [1.29, 1.82) is 0 Å². The van der Waals surface area contributed by atoms with Gasteiger partial charge >= 0.3 is 0 Å². The number of unbranched alkanes of at least 4 members (excludes halogenated alkanes) is 1. The topological polar surface area (TPSA) is 94.5 Å². The van der Waals surface area contributed by atoms with E-state index in [9.17, 15) is 15.0 Å². The van der Waals surface area contributed by atoms with Gasteiger partial charge in [0.05, 0.1) is 18.3 Å². The highest BCUT2D eigenvalue weighted by molar-refractivity contribution is 5.38. The number of ether oxygens (including phenoxy) is 4. The molecular weight excluding hydrogens is 472 g/mol. The fraction of sp³-hybridized carbons (Fsp3) is 0.700. The van der Waals surface area contributed by atoms with Crippen LogP contribution in [-0.4, -0.2) is 61.1 Å². The number of aliphatic hydroxyl groups excluding tert-OH is 1. The van der Waals surface area contributed by atoms with Crippen molar-refractivity contribution in [2.24, 2.45) is 23.7 Å². The molecule has 2 N–H and O–H groups in total. The first-order valence-corrected chi connectivity index (χ1v) is 13.6. The summed E-state index contributed by atoms with van der Waals surface area (Å²) < 4.78 is 23.1. The molecule has 0 saturated carbocycles. The molecule has 0 aliphatic carbocycles. The third-order valence-corrected chi connectivity index (χ3v) is 8.03. The maximum absolute atomic E-state index is 11.2. The van der Waals surface area contributed by atoms with Crippen molar-refractivity contribution < 1.29 is 34.0 Å². The van der Waals surface area contributed by atoms with E-state index in [2.05, 4.69) is 0 Å². The van der Waals surface area contributed by atoms with E-state index >= 15 is 0 Å². The third kappa shape index (κ3) is 8.11. The Morgan fingerprint density at radius 3 is 2.24 bits per heavy atom. The van der Waals surface area contributed by atoms with Crippen molar-refractivity contribution in [2.45, 2.75) is 96.6 Å². The second-order valence-corrected chi connectivity index (χ2v) is 10.8. The van der Waals surface area contributed by atoms with Crippen LogP contribution in [0, 0.1) is 23.7 Å². The van der Waals surface area contributed by atoms with Crippen molar-refractivity contribution in [2.75, 3.05) is 14.2 Å². The normalized spacial score (nSPS) is 29.7. The molecule has 1 saturated heterocycles. The highest BCUT2D eigenvalue weighted by Crippen LogP contribution is 2.42. The molecule has 37 heavy (non-hydrogen) atoms. The molecule has 7 heteroatoms. The van der Waals surface area contributed by atoms with Crippen molar-refractivity contribution in [3.8, 4) is 0 Å². The number of benzene rings is 1. The van der Waals surface area contributed by atoms with E-state index in [1.54, 1.807) is 14.2 Å². The molecular formula is C30H48O7. The van der Waals surface area contributed by atoms with Crippen LogP contribution in [0.25, 0.3) is 0 Å². The number of rotatable bonds is 15. The van der Waals surface area contributed by atoms with Crippen LogP contribution in [0.2, 0.25) is 0 Å². The first kappa shape index (κ1) is 31.4. The molecule has 1 aromatic rings. The molecule has 1 aromatic carbocycles. The van der Waals surface area contributed by atoms with Gasteiger partial charge in [0.25, 0.3) is 6.47 Å². The highest BCUT2D eigenvalue weighted by Gasteiger charge is 2.52. The summed E-state index contributed by atoms with van der Waals surface area (Å²) in [5.41, 5.74) is 0.993. The van der Waals surface area contributed by atoms with Gasteiger partial charge in [-0.05, 0) is 24.8 Å². The van der Waals surface area contributed by atoms with Crippen LogP contribution in [0.15, 0.2) is 42.5 Å². The smallest absolute Gasteiger partial charge is 0.293 e. The van der Waals surface area contributed by atoms with Crippen molar-refractivity contribution in [1.82, 2.24) is 0 Å². The van der Waals surface area contributed by atoms with E-state index in [0.29, 0.717) is 6.47 Å². The lowest BCUT2D eigenvalue weighted by Gasteiger charge is -2.51. The summed E-state index contributed by atoms with van der Waals surface area (Å²) in [5.74, 6) is -2.08. The van der Waals surface area contributed by atoms with Gasteiger partial charge in [0.1, 0.15) is 12.2 Å². The summed E-state index contributed by atoms with van der Waals surface area (Å²) in [6.07, 6.45) is 5.69. The molecule has 1 aliphatic rings. The molecule has 9 atom stereocenters. The van der Waals surface area contributed by atoms with Crippen LogP contribution < -0.4 is 0 Å². The summed E-state index contributed by atoms with van der Waals surface area (Å²) in [5, 5.41) is 22.0.